The van der Waals surface area contributed by atoms with Crippen LogP contribution in [-0.2, 0) is 14.3 Å². The lowest BCUT2D eigenvalue weighted by molar-refractivity contribution is -0.143. The van der Waals surface area contributed by atoms with Crippen LogP contribution in [0.4, 0.5) is 0 Å². The first-order valence-corrected chi connectivity index (χ1v) is 27.1. The van der Waals surface area contributed by atoms with E-state index in [4.69, 9.17) is 4.74 Å². The Morgan fingerprint density at radius 1 is 0.443 bits per heavy atom. The van der Waals surface area contributed by atoms with Crippen LogP contribution in [-0.4, -0.2) is 47.4 Å². The summed E-state index contributed by atoms with van der Waals surface area (Å²) in [4.78, 5) is 24.5. The molecule has 0 aliphatic heterocycles. The molecule has 0 heterocycles. The van der Waals surface area contributed by atoms with Crippen LogP contribution < -0.4 is 5.32 Å². The van der Waals surface area contributed by atoms with Crippen molar-refractivity contribution in [1.29, 1.82) is 0 Å². The molecular formula is C55H105NO5. The lowest BCUT2D eigenvalue weighted by Gasteiger charge is -2.20. The lowest BCUT2D eigenvalue weighted by atomic mass is 10.0. The van der Waals surface area contributed by atoms with Gasteiger partial charge in [0.15, 0.2) is 0 Å². The number of amides is 1. The van der Waals surface area contributed by atoms with Crippen molar-refractivity contribution in [2.45, 2.75) is 302 Å². The maximum Gasteiger partial charge on any atom is 0.305 e. The van der Waals surface area contributed by atoms with E-state index in [9.17, 15) is 19.8 Å². The smallest absolute Gasteiger partial charge is 0.305 e. The van der Waals surface area contributed by atoms with E-state index < -0.39 is 12.1 Å². The lowest BCUT2D eigenvalue weighted by Crippen LogP contribution is -2.45. The molecule has 0 aliphatic rings. The zero-order valence-corrected chi connectivity index (χ0v) is 40.9. The maximum atomic E-state index is 12.5. The number of hydrogen-bond acceptors (Lipinski definition) is 5. The van der Waals surface area contributed by atoms with Crippen molar-refractivity contribution in [3.8, 4) is 0 Å². The third-order valence-electron chi connectivity index (χ3n) is 12.5. The van der Waals surface area contributed by atoms with Gasteiger partial charge in [-0.3, -0.25) is 9.59 Å². The number of ether oxygens (including phenoxy) is 1. The Morgan fingerprint density at radius 2 is 0.770 bits per heavy atom. The summed E-state index contributed by atoms with van der Waals surface area (Å²) >= 11 is 0. The van der Waals surface area contributed by atoms with Crippen molar-refractivity contribution in [2.75, 3.05) is 13.2 Å². The highest BCUT2D eigenvalue weighted by atomic mass is 16.5. The molecule has 360 valence electrons. The Labute approximate surface area is 380 Å². The SMILES string of the molecule is CCCCC/C=C\CCCCCCCC(=O)OCCCCCCCCCCCCC(=O)NC(CO)C(O)/C=C/CCCCCCCCCCCCCCCCCCCCCC. The molecule has 0 spiro atoms. The minimum absolute atomic E-state index is 0.0306. The average molecular weight is 860 g/mol. The topological polar surface area (TPSA) is 95.9 Å². The van der Waals surface area contributed by atoms with Gasteiger partial charge < -0.3 is 20.3 Å². The van der Waals surface area contributed by atoms with Crippen molar-refractivity contribution in [1.82, 2.24) is 5.32 Å². The van der Waals surface area contributed by atoms with Gasteiger partial charge in [0.1, 0.15) is 0 Å². The zero-order valence-electron chi connectivity index (χ0n) is 40.9. The monoisotopic (exact) mass is 860 g/mol. The molecule has 0 aromatic carbocycles. The molecule has 0 rings (SSSR count). The number of esters is 1. The van der Waals surface area contributed by atoms with Crippen molar-refractivity contribution in [3.63, 3.8) is 0 Å². The molecule has 0 aromatic heterocycles. The summed E-state index contributed by atoms with van der Waals surface area (Å²) in [7, 11) is 0. The number of allylic oxidation sites excluding steroid dienone is 3. The first-order chi connectivity index (χ1) is 30.0. The Morgan fingerprint density at radius 3 is 1.20 bits per heavy atom. The fourth-order valence-electron chi connectivity index (χ4n) is 8.27. The maximum absolute atomic E-state index is 12.5. The second kappa shape index (κ2) is 51.0. The minimum Gasteiger partial charge on any atom is -0.466 e. The van der Waals surface area contributed by atoms with Gasteiger partial charge >= 0.3 is 5.97 Å². The first-order valence-electron chi connectivity index (χ1n) is 27.1. The summed E-state index contributed by atoms with van der Waals surface area (Å²) < 4.78 is 5.44. The van der Waals surface area contributed by atoms with E-state index in [-0.39, 0.29) is 18.5 Å². The quantitative estimate of drug-likeness (QED) is 0.0322. The average Bonchev–Trinajstić information content (AvgIpc) is 3.26. The minimum atomic E-state index is -0.860. The number of aliphatic hydroxyl groups is 2. The van der Waals surface area contributed by atoms with Crippen molar-refractivity contribution in [2.24, 2.45) is 0 Å². The van der Waals surface area contributed by atoms with Gasteiger partial charge in [0.05, 0.1) is 25.4 Å². The van der Waals surface area contributed by atoms with Crippen LogP contribution in [0.15, 0.2) is 24.3 Å². The van der Waals surface area contributed by atoms with E-state index >= 15 is 0 Å². The van der Waals surface area contributed by atoms with Gasteiger partial charge in [0.2, 0.25) is 5.91 Å². The number of hydrogen-bond donors (Lipinski definition) is 3. The van der Waals surface area contributed by atoms with Crippen LogP contribution >= 0.6 is 0 Å². The van der Waals surface area contributed by atoms with E-state index in [2.05, 4.69) is 31.3 Å². The number of rotatable bonds is 50. The molecule has 2 atom stereocenters. The summed E-state index contributed by atoms with van der Waals surface area (Å²) in [6.45, 7) is 4.83. The molecule has 0 aliphatic carbocycles. The highest BCUT2D eigenvalue weighted by molar-refractivity contribution is 5.76. The number of aliphatic hydroxyl groups excluding tert-OH is 2. The van der Waals surface area contributed by atoms with Crippen molar-refractivity contribution < 1.29 is 24.5 Å². The first kappa shape index (κ1) is 59.3. The van der Waals surface area contributed by atoms with Gasteiger partial charge in [-0.05, 0) is 57.8 Å². The van der Waals surface area contributed by atoms with Gasteiger partial charge in [-0.2, -0.15) is 0 Å². The van der Waals surface area contributed by atoms with E-state index in [1.54, 1.807) is 6.08 Å². The highest BCUT2D eigenvalue weighted by Gasteiger charge is 2.18. The Kier molecular flexibility index (Phi) is 49.6. The predicted molar refractivity (Wildman–Crippen MR) is 264 cm³/mol. The van der Waals surface area contributed by atoms with Crippen LogP contribution in [0.3, 0.4) is 0 Å². The number of nitrogens with one attached hydrogen (secondary N) is 1. The summed E-state index contributed by atoms with van der Waals surface area (Å²) in [5, 5.41) is 23.1. The molecule has 6 heteroatoms. The Hall–Kier alpha value is -1.66. The molecule has 3 N–H and O–H groups in total. The third-order valence-corrected chi connectivity index (χ3v) is 12.5. The summed E-state index contributed by atoms with van der Waals surface area (Å²) in [6.07, 6.45) is 60.4. The van der Waals surface area contributed by atoms with Crippen molar-refractivity contribution in [3.05, 3.63) is 24.3 Å². The Balaban J connectivity index is 3.52. The van der Waals surface area contributed by atoms with E-state index in [0.717, 1.165) is 57.8 Å². The Bertz CT molecular complexity index is 951. The third kappa shape index (κ3) is 47.7. The molecule has 0 radical (unpaired) electrons. The van der Waals surface area contributed by atoms with Crippen LogP contribution in [0.5, 0.6) is 0 Å². The number of carbonyl (C=O) groups is 2. The summed E-state index contributed by atoms with van der Waals surface area (Å²) in [6, 6.07) is -0.645. The molecule has 0 saturated carbocycles. The molecule has 0 bridgehead atoms. The standard InChI is InChI=1S/C55H105NO5/c1-3-5-7-9-11-13-15-17-18-19-20-21-22-23-24-25-26-27-31-35-39-43-47-53(58)52(51-57)56-54(59)48-44-40-36-32-29-30-34-38-42-46-50-61-55(60)49-45-41-37-33-28-16-14-12-10-8-6-4-2/h12,14,43,47,52-53,57-58H,3-11,13,15-42,44-46,48-51H2,1-2H3,(H,56,59)/b14-12-,47-43+. The van der Waals surface area contributed by atoms with Crippen LogP contribution in [0.25, 0.3) is 0 Å². The van der Waals surface area contributed by atoms with Gasteiger partial charge in [-0.15, -0.1) is 0 Å². The zero-order chi connectivity index (χ0) is 44.4. The van der Waals surface area contributed by atoms with Gasteiger partial charge in [0.25, 0.3) is 0 Å². The molecule has 0 saturated heterocycles. The molecule has 0 aromatic rings. The van der Waals surface area contributed by atoms with Crippen molar-refractivity contribution >= 4 is 11.9 Å². The molecule has 6 nitrogen and oxygen atoms in total. The van der Waals surface area contributed by atoms with E-state index in [0.29, 0.717) is 19.4 Å². The number of carbonyl (C=O) groups excluding carboxylic acids is 2. The second-order valence-corrected chi connectivity index (χ2v) is 18.6. The fraction of sp³-hybridized carbons (Fsp3) is 0.891. The van der Waals surface area contributed by atoms with Crippen LogP contribution in [0.1, 0.15) is 290 Å². The summed E-state index contributed by atoms with van der Waals surface area (Å²) in [5.74, 6) is -0.120. The normalized spacial score (nSPS) is 12.8. The van der Waals surface area contributed by atoms with Crippen LogP contribution in [0, 0.1) is 0 Å². The molecule has 0 fully saturated rings. The highest BCUT2D eigenvalue weighted by Crippen LogP contribution is 2.16. The van der Waals surface area contributed by atoms with Crippen LogP contribution in [0.2, 0.25) is 0 Å². The second-order valence-electron chi connectivity index (χ2n) is 18.6. The van der Waals surface area contributed by atoms with Gasteiger partial charge in [-0.1, -0.05) is 244 Å². The predicted octanol–water partition coefficient (Wildman–Crippen LogP) is 16.3. The summed E-state index contributed by atoms with van der Waals surface area (Å²) in [5.41, 5.74) is 0. The molecule has 61 heavy (non-hydrogen) atoms. The largest absolute Gasteiger partial charge is 0.466 e. The van der Waals surface area contributed by atoms with E-state index in [1.165, 1.54) is 205 Å². The number of unbranched alkanes of at least 4 members (excludes halogenated alkanes) is 37. The van der Waals surface area contributed by atoms with Gasteiger partial charge in [0, 0.05) is 12.8 Å². The van der Waals surface area contributed by atoms with E-state index in [1.807, 2.05) is 6.08 Å². The fourth-order valence-corrected chi connectivity index (χ4v) is 8.27. The molecule has 1 amide bonds. The molecule has 2 unspecified atom stereocenters. The molecular weight excluding hydrogens is 755 g/mol. The van der Waals surface area contributed by atoms with Gasteiger partial charge in [-0.25, -0.2) is 0 Å².